The Labute approximate surface area is 149 Å². The van der Waals surface area contributed by atoms with Crippen LogP contribution in [0.5, 0.6) is 0 Å². The lowest BCUT2D eigenvalue weighted by atomic mass is 9.76. The molecule has 1 spiro atoms. The van der Waals surface area contributed by atoms with Crippen molar-refractivity contribution in [3.63, 3.8) is 0 Å². The highest BCUT2D eigenvalue weighted by atomic mass is 32.2. The van der Waals surface area contributed by atoms with Crippen LogP contribution in [0, 0.1) is 18.3 Å². The van der Waals surface area contributed by atoms with Crippen molar-refractivity contribution in [2.24, 2.45) is 18.4 Å². The summed E-state index contributed by atoms with van der Waals surface area (Å²) in [7, 11) is -1.90. The lowest BCUT2D eigenvalue weighted by Crippen LogP contribution is -2.42. The van der Waals surface area contributed by atoms with Gasteiger partial charge in [0.15, 0.2) is 5.03 Å². The van der Waals surface area contributed by atoms with Gasteiger partial charge in [-0.3, -0.25) is 4.79 Å². The highest BCUT2D eigenvalue weighted by Gasteiger charge is 2.54. The van der Waals surface area contributed by atoms with Crippen LogP contribution in [-0.4, -0.2) is 47.3 Å². The van der Waals surface area contributed by atoms with Crippen LogP contribution in [0.3, 0.4) is 0 Å². The molecule has 2 aliphatic rings. The molecule has 1 atom stereocenters. The highest BCUT2D eigenvalue weighted by molar-refractivity contribution is 7.89. The van der Waals surface area contributed by atoms with Crippen molar-refractivity contribution in [2.75, 3.05) is 13.1 Å². The average Bonchev–Trinajstić information content (AvgIpc) is 3.21. The van der Waals surface area contributed by atoms with Crippen molar-refractivity contribution in [1.29, 1.82) is 0 Å². The molecule has 3 rings (SSSR count). The Morgan fingerprint density at radius 3 is 2.52 bits per heavy atom. The van der Waals surface area contributed by atoms with Gasteiger partial charge in [0.25, 0.3) is 10.0 Å². The summed E-state index contributed by atoms with van der Waals surface area (Å²) in [6.07, 6.45) is 5.49. The van der Waals surface area contributed by atoms with Crippen LogP contribution in [0.4, 0.5) is 0 Å². The predicted molar refractivity (Wildman–Crippen MR) is 94.4 cm³/mol. The minimum atomic E-state index is -3.68. The molecular weight excluding hydrogens is 340 g/mol. The first-order chi connectivity index (χ1) is 11.7. The molecule has 2 fully saturated rings. The molecule has 25 heavy (non-hydrogen) atoms. The molecule has 2 heterocycles. The van der Waals surface area contributed by atoms with Gasteiger partial charge < -0.3 is 9.88 Å². The second-order valence-corrected chi connectivity index (χ2v) is 9.70. The van der Waals surface area contributed by atoms with Gasteiger partial charge in [-0.25, -0.2) is 13.4 Å². The predicted octanol–water partition coefficient (Wildman–Crippen LogP) is 1.43. The van der Waals surface area contributed by atoms with Crippen molar-refractivity contribution < 1.29 is 13.2 Å². The van der Waals surface area contributed by atoms with Crippen LogP contribution in [0.15, 0.2) is 11.2 Å². The van der Waals surface area contributed by atoms with E-state index in [1.807, 2.05) is 13.8 Å². The Hall–Kier alpha value is -1.41. The number of rotatable bonds is 4. The number of hydrogen-bond acceptors (Lipinski definition) is 4. The number of carbonyl (C=O) groups is 1. The fraction of sp³-hybridized carbons (Fsp3) is 0.765. The minimum Gasteiger partial charge on any atom is -0.354 e. The Morgan fingerprint density at radius 1 is 1.36 bits per heavy atom. The summed E-state index contributed by atoms with van der Waals surface area (Å²) in [6, 6.07) is 0.0510. The van der Waals surface area contributed by atoms with Gasteiger partial charge in [0.1, 0.15) is 5.82 Å². The smallest absolute Gasteiger partial charge is 0.262 e. The van der Waals surface area contributed by atoms with E-state index in [1.54, 1.807) is 24.7 Å². The van der Waals surface area contributed by atoms with Crippen LogP contribution in [0.25, 0.3) is 0 Å². The molecule has 1 saturated heterocycles. The summed E-state index contributed by atoms with van der Waals surface area (Å²) in [5, 5.41) is 3.06. The quantitative estimate of drug-likeness (QED) is 0.871. The molecule has 0 aromatic carbocycles. The number of aromatic nitrogens is 2. The van der Waals surface area contributed by atoms with Gasteiger partial charge in [-0.2, -0.15) is 4.31 Å². The fourth-order valence-corrected chi connectivity index (χ4v) is 5.80. The summed E-state index contributed by atoms with van der Waals surface area (Å²) >= 11 is 0. The molecular formula is C17H28N4O3S. The molecule has 0 radical (unpaired) electrons. The summed E-state index contributed by atoms with van der Waals surface area (Å²) in [4.78, 5) is 16.9. The van der Waals surface area contributed by atoms with E-state index in [-0.39, 0.29) is 34.9 Å². The minimum absolute atomic E-state index is 0.0215. The summed E-state index contributed by atoms with van der Waals surface area (Å²) in [6.45, 7) is 6.30. The van der Waals surface area contributed by atoms with E-state index in [4.69, 9.17) is 0 Å². The van der Waals surface area contributed by atoms with Gasteiger partial charge in [0, 0.05) is 32.4 Å². The van der Waals surface area contributed by atoms with E-state index in [1.165, 1.54) is 4.31 Å². The number of imidazole rings is 1. The van der Waals surface area contributed by atoms with Crippen molar-refractivity contribution in [1.82, 2.24) is 19.2 Å². The van der Waals surface area contributed by atoms with Crippen LogP contribution < -0.4 is 5.32 Å². The Balaban J connectivity index is 1.90. The van der Waals surface area contributed by atoms with E-state index in [2.05, 4.69) is 10.3 Å². The normalized spacial score (nSPS) is 23.6. The Bertz CT molecular complexity index is 743. The van der Waals surface area contributed by atoms with Crippen LogP contribution in [-0.2, 0) is 21.9 Å². The number of sulfonamides is 1. The largest absolute Gasteiger partial charge is 0.354 e. The Kier molecular flexibility index (Phi) is 4.70. The number of nitrogens with zero attached hydrogens (tertiary/aromatic N) is 3. The monoisotopic (exact) mass is 368 g/mol. The summed E-state index contributed by atoms with van der Waals surface area (Å²) < 4.78 is 29.3. The third kappa shape index (κ3) is 3.21. The third-order valence-electron chi connectivity index (χ3n) is 5.65. The first-order valence-electron chi connectivity index (χ1n) is 8.96. The maximum Gasteiger partial charge on any atom is 0.262 e. The van der Waals surface area contributed by atoms with E-state index in [9.17, 15) is 13.2 Å². The highest BCUT2D eigenvalue weighted by Crippen LogP contribution is 2.50. The SMILES string of the molecule is Cc1nc(S(=O)(=O)N2CC(C(=O)NC(C)C)C3(CCCC3)C2)cn1C. The standard InChI is InChI=1S/C17H28N4O3S/c1-12(2)18-16(22)14-9-21(11-17(14)7-5-6-8-17)25(23,24)15-10-20(4)13(3)19-15/h10,12,14H,5-9,11H2,1-4H3,(H,18,22). The van der Waals surface area contributed by atoms with Gasteiger partial charge in [-0.15, -0.1) is 0 Å². The first kappa shape index (κ1) is 18.4. The molecule has 1 aliphatic heterocycles. The molecule has 1 aliphatic carbocycles. The van der Waals surface area contributed by atoms with E-state index >= 15 is 0 Å². The van der Waals surface area contributed by atoms with Gasteiger partial charge in [0.2, 0.25) is 5.91 Å². The first-order valence-corrected chi connectivity index (χ1v) is 10.4. The summed E-state index contributed by atoms with van der Waals surface area (Å²) in [5.41, 5.74) is -0.226. The van der Waals surface area contributed by atoms with Crippen LogP contribution in [0.2, 0.25) is 0 Å². The molecule has 8 heteroatoms. The topological polar surface area (TPSA) is 84.3 Å². The molecule has 7 nitrogen and oxygen atoms in total. The van der Waals surface area contributed by atoms with Gasteiger partial charge in [0.05, 0.1) is 5.92 Å². The fourth-order valence-electron chi connectivity index (χ4n) is 4.22. The van der Waals surface area contributed by atoms with E-state index < -0.39 is 10.0 Å². The van der Waals surface area contributed by atoms with Gasteiger partial charge in [-0.1, -0.05) is 12.8 Å². The molecule has 1 N–H and O–H groups in total. The van der Waals surface area contributed by atoms with Crippen molar-refractivity contribution in [3.05, 3.63) is 12.0 Å². The lowest BCUT2D eigenvalue weighted by Gasteiger charge is -2.29. The summed E-state index contributed by atoms with van der Waals surface area (Å²) in [5.74, 6) is 0.353. The maximum absolute atomic E-state index is 13.0. The third-order valence-corrected chi connectivity index (χ3v) is 7.34. The molecule has 1 amide bonds. The van der Waals surface area contributed by atoms with Crippen LogP contribution >= 0.6 is 0 Å². The van der Waals surface area contributed by atoms with Crippen molar-refractivity contribution in [3.8, 4) is 0 Å². The average molecular weight is 369 g/mol. The Morgan fingerprint density at radius 2 is 2.00 bits per heavy atom. The molecule has 0 bridgehead atoms. The lowest BCUT2D eigenvalue weighted by molar-refractivity contribution is -0.128. The van der Waals surface area contributed by atoms with E-state index in [0.29, 0.717) is 12.4 Å². The zero-order valence-corrected chi connectivity index (χ0v) is 16.3. The molecule has 1 aromatic rings. The second kappa shape index (κ2) is 6.39. The second-order valence-electron chi connectivity index (χ2n) is 7.82. The molecule has 1 unspecified atom stereocenters. The number of hydrogen-bond donors (Lipinski definition) is 1. The number of carbonyl (C=O) groups excluding carboxylic acids is 1. The molecule has 140 valence electrons. The van der Waals surface area contributed by atoms with Gasteiger partial charge >= 0.3 is 0 Å². The number of nitrogens with one attached hydrogen (secondary N) is 1. The number of aryl methyl sites for hydroxylation is 2. The molecule has 1 aromatic heterocycles. The zero-order valence-electron chi connectivity index (χ0n) is 15.4. The zero-order chi connectivity index (χ0) is 18.4. The molecule has 1 saturated carbocycles. The maximum atomic E-state index is 13.0. The van der Waals surface area contributed by atoms with Crippen LogP contribution in [0.1, 0.15) is 45.4 Å². The van der Waals surface area contributed by atoms with Gasteiger partial charge in [-0.05, 0) is 39.0 Å². The number of amides is 1. The van der Waals surface area contributed by atoms with E-state index in [0.717, 1.165) is 25.7 Å². The van der Waals surface area contributed by atoms with Crippen molar-refractivity contribution in [2.45, 2.75) is 57.5 Å². The van der Waals surface area contributed by atoms with Crippen molar-refractivity contribution >= 4 is 15.9 Å².